The van der Waals surface area contributed by atoms with Crippen molar-refractivity contribution in [3.63, 3.8) is 0 Å². The van der Waals surface area contributed by atoms with E-state index < -0.39 is 27.9 Å². The largest absolute Gasteiger partial charge is 0.393 e. The normalized spacial score (nSPS) is 17.6. The van der Waals surface area contributed by atoms with Crippen molar-refractivity contribution in [1.29, 1.82) is 0 Å². The number of hydrogen-bond donors (Lipinski definition) is 1. The fourth-order valence-electron chi connectivity index (χ4n) is 2.31. The Kier molecular flexibility index (Phi) is 3.82. The van der Waals surface area contributed by atoms with Crippen molar-refractivity contribution in [3.05, 3.63) is 33.6 Å². The summed E-state index contributed by atoms with van der Waals surface area (Å²) >= 11 is 0. The molecule has 0 spiro atoms. The third-order valence-electron chi connectivity index (χ3n) is 3.44. The fraction of sp³-hybridized carbons (Fsp3) is 0.462. The van der Waals surface area contributed by atoms with Gasteiger partial charge >= 0.3 is 0 Å². The van der Waals surface area contributed by atoms with Crippen molar-refractivity contribution in [2.45, 2.75) is 19.4 Å². The molecule has 8 heteroatoms. The molecule has 1 amide bonds. The van der Waals surface area contributed by atoms with E-state index >= 15 is 0 Å². The van der Waals surface area contributed by atoms with Crippen molar-refractivity contribution in [1.82, 2.24) is 4.90 Å². The lowest BCUT2D eigenvalue weighted by atomic mass is 10.00. The first-order chi connectivity index (χ1) is 9.74. The number of hydrogen-bond acceptors (Lipinski definition) is 5. The van der Waals surface area contributed by atoms with Gasteiger partial charge in [0.1, 0.15) is 11.5 Å². The first kappa shape index (κ1) is 15.2. The average Bonchev–Trinajstić information content (AvgIpc) is 2.39. The van der Waals surface area contributed by atoms with Gasteiger partial charge in [0.2, 0.25) is 0 Å². The summed E-state index contributed by atoms with van der Waals surface area (Å²) < 4.78 is 18.8. The maximum atomic E-state index is 13.5. The Morgan fingerprint density at radius 1 is 1.52 bits per heavy atom. The molecule has 1 saturated heterocycles. The number of amides is 1. The van der Waals surface area contributed by atoms with E-state index in [1.54, 1.807) is 13.8 Å². The maximum absolute atomic E-state index is 13.5. The molecule has 0 bridgehead atoms. The number of anilines is 1. The van der Waals surface area contributed by atoms with Crippen LogP contribution in [0.5, 0.6) is 0 Å². The van der Waals surface area contributed by atoms with Gasteiger partial charge in [-0.25, -0.2) is 4.39 Å². The lowest BCUT2D eigenvalue weighted by molar-refractivity contribution is -0.384. The molecule has 1 aliphatic heterocycles. The van der Waals surface area contributed by atoms with Crippen molar-refractivity contribution in [3.8, 4) is 0 Å². The third-order valence-corrected chi connectivity index (χ3v) is 3.44. The van der Waals surface area contributed by atoms with Crippen LogP contribution in [0.3, 0.4) is 0 Å². The minimum absolute atomic E-state index is 0.198. The van der Waals surface area contributed by atoms with E-state index in [-0.39, 0.29) is 11.3 Å². The second-order valence-corrected chi connectivity index (χ2v) is 5.47. The Morgan fingerprint density at radius 2 is 2.19 bits per heavy atom. The molecule has 1 heterocycles. The number of morpholine rings is 1. The monoisotopic (exact) mass is 297 g/mol. The molecule has 7 nitrogen and oxygen atoms in total. The molecular weight excluding hydrogens is 281 g/mol. The number of carbonyl (C=O) groups is 1. The molecule has 1 aromatic rings. The van der Waals surface area contributed by atoms with Crippen LogP contribution >= 0.6 is 0 Å². The second kappa shape index (κ2) is 5.28. The zero-order valence-electron chi connectivity index (χ0n) is 11.8. The van der Waals surface area contributed by atoms with Crippen LogP contribution in [0.2, 0.25) is 0 Å². The van der Waals surface area contributed by atoms with E-state index in [2.05, 4.69) is 0 Å². The number of carbonyl (C=O) groups excluding carboxylic acids is 1. The molecule has 1 fully saturated rings. The standard InChI is InChI=1S/C13H16FN3O4/c1-13(2)7-21-4-3-16(13)12(18)9-5-8(14)6-10(11(9)15)17(19)20/h5-6H,3-4,7,15H2,1-2H3. The number of nitrogens with zero attached hydrogens (tertiary/aromatic N) is 2. The van der Waals surface area contributed by atoms with Gasteiger partial charge in [-0.15, -0.1) is 0 Å². The summed E-state index contributed by atoms with van der Waals surface area (Å²) in [4.78, 5) is 24.1. The number of benzene rings is 1. The topological polar surface area (TPSA) is 98.7 Å². The van der Waals surface area contributed by atoms with Gasteiger partial charge in [0, 0.05) is 6.54 Å². The van der Waals surface area contributed by atoms with E-state index in [4.69, 9.17) is 10.5 Å². The lowest BCUT2D eigenvalue weighted by Crippen LogP contribution is -2.55. The van der Waals surface area contributed by atoms with Gasteiger partial charge in [0.05, 0.1) is 35.3 Å². The third kappa shape index (κ3) is 2.80. The number of rotatable bonds is 2. The predicted octanol–water partition coefficient (Wildman–Crippen LogP) is 1.57. The van der Waals surface area contributed by atoms with E-state index in [1.165, 1.54) is 4.90 Å². The number of nitrogens with two attached hydrogens (primary N) is 1. The van der Waals surface area contributed by atoms with Gasteiger partial charge < -0.3 is 15.4 Å². The van der Waals surface area contributed by atoms with Crippen molar-refractivity contribution < 1.29 is 18.8 Å². The minimum atomic E-state index is -0.870. The Labute approximate surface area is 120 Å². The highest BCUT2D eigenvalue weighted by Crippen LogP contribution is 2.30. The molecule has 0 atom stereocenters. The SMILES string of the molecule is CC1(C)COCCN1C(=O)c1cc(F)cc([N+](=O)[O-])c1N. The Bertz CT molecular complexity index is 603. The Balaban J connectivity index is 2.46. The molecule has 0 saturated carbocycles. The molecule has 0 aromatic heterocycles. The van der Waals surface area contributed by atoms with Crippen LogP contribution in [0, 0.1) is 15.9 Å². The van der Waals surface area contributed by atoms with E-state index in [0.717, 1.165) is 6.07 Å². The van der Waals surface area contributed by atoms with Crippen molar-refractivity contribution in [2.75, 3.05) is 25.5 Å². The van der Waals surface area contributed by atoms with Gasteiger partial charge in [-0.3, -0.25) is 14.9 Å². The summed E-state index contributed by atoms with van der Waals surface area (Å²) in [6.45, 7) is 4.60. The van der Waals surface area contributed by atoms with Crippen LogP contribution in [0.4, 0.5) is 15.8 Å². The molecule has 2 N–H and O–H groups in total. The molecule has 1 aliphatic rings. The maximum Gasteiger partial charge on any atom is 0.295 e. The summed E-state index contributed by atoms with van der Waals surface area (Å²) in [7, 11) is 0. The predicted molar refractivity (Wildman–Crippen MR) is 73.4 cm³/mol. The summed E-state index contributed by atoms with van der Waals surface area (Å²) in [5.74, 6) is -1.41. The van der Waals surface area contributed by atoms with E-state index in [0.29, 0.717) is 25.8 Å². The average molecular weight is 297 g/mol. The Hall–Kier alpha value is -2.22. The van der Waals surface area contributed by atoms with Crippen molar-refractivity contribution >= 4 is 17.3 Å². The molecular formula is C13H16FN3O4. The van der Waals surface area contributed by atoms with Crippen LogP contribution in [-0.4, -0.2) is 41.0 Å². The molecule has 1 aromatic carbocycles. The van der Waals surface area contributed by atoms with Crippen LogP contribution in [0.25, 0.3) is 0 Å². The quantitative estimate of drug-likeness (QED) is 0.507. The van der Waals surface area contributed by atoms with E-state index in [1.807, 2.05) is 0 Å². The Morgan fingerprint density at radius 3 is 2.76 bits per heavy atom. The van der Waals surface area contributed by atoms with Gasteiger partial charge in [-0.1, -0.05) is 0 Å². The summed E-state index contributed by atoms with van der Waals surface area (Å²) in [6, 6.07) is 1.63. The fourth-order valence-corrected chi connectivity index (χ4v) is 2.31. The molecule has 2 rings (SSSR count). The molecule has 21 heavy (non-hydrogen) atoms. The van der Waals surface area contributed by atoms with Crippen LogP contribution in [0.15, 0.2) is 12.1 Å². The second-order valence-electron chi connectivity index (χ2n) is 5.47. The molecule has 114 valence electrons. The number of nitrogen functional groups attached to an aromatic ring is 1. The summed E-state index contributed by atoms with van der Waals surface area (Å²) in [5.41, 5.74) is 3.94. The first-order valence-corrected chi connectivity index (χ1v) is 6.37. The van der Waals surface area contributed by atoms with Crippen LogP contribution < -0.4 is 5.73 Å². The highest BCUT2D eigenvalue weighted by atomic mass is 19.1. The summed E-state index contributed by atoms with van der Waals surface area (Å²) in [6.07, 6.45) is 0. The molecule has 0 aliphatic carbocycles. The van der Waals surface area contributed by atoms with Gasteiger partial charge in [0.15, 0.2) is 0 Å². The highest BCUT2D eigenvalue weighted by Gasteiger charge is 2.36. The van der Waals surface area contributed by atoms with E-state index in [9.17, 15) is 19.3 Å². The first-order valence-electron chi connectivity index (χ1n) is 6.37. The minimum Gasteiger partial charge on any atom is -0.393 e. The van der Waals surface area contributed by atoms with Crippen LogP contribution in [0.1, 0.15) is 24.2 Å². The zero-order chi connectivity index (χ0) is 15.8. The molecule has 0 radical (unpaired) electrons. The summed E-state index contributed by atoms with van der Waals surface area (Å²) in [5, 5.41) is 10.9. The number of nitro groups is 1. The van der Waals surface area contributed by atoms with Crippen LogP contribution in [-0.2, 0) is 4.74 Å². The zero-order valence-corrected chi connectivity index (χ0v) is 11.8. The smallest absolute Gasteiger partial charge is 0.295 e. The van der Waals surface area contributed by atoms with Gasteiger partial charge in [-0.05, 0) is 19.9 Å². The van der Waals surface area contributed by atoms with Gasteiger partial charge in [0.25, 0.3) is 11.6 Å². The van der Waals surface area contributed by atoms with Crippen molar-refractivity contribution in [2.24, 2.45) is 0 Å². The number of ether oxygens (including phenoxy) is 1. The number of halogens is 1. The molecule has 0 unspecified atom stereocenters. The number of nitro benzene ring substituents is 1. The highest BCUT2D eigenvalue weighted by molar-refractivity contribution is 6.01. The van der Waals surface area contributed by atoms with Gasteiger partial charge in [-0.2, -0.15) is 0 Å². The lowest BCUT2D eigenvalue weighted by Gasteiger charge is -2.42.